The molecule has 1 saturated heterocycles. The summed E-state index contributed by atoms with van der Waals surface area (Å²) in [5.74, 6) is 2.39. The Morgan fingerprint density at radius 2 is 2.35 bits per heavy atom. The van der Waals surface area contributed by atoms with Crippen LogP contribution in [0.2, 0.25) is 0 Å². The van der Waals surface area contributed by atoms with Crippen LogP contribution in [0, 0.1) is 25.2 Å². The Morgan fingerprint density at radius 3 is 3.00 bits per heavy atom. The smallest absolute Gasteiger partial charge is 0.103 e. The van der Waals surface area contributed by atoms with Crippen molar-refractivity contribution in [1.82, 2.24) is 4.98 Å². The highest BCUT2D eigenvalue weighted by Gasteiger charge is 2.16. The fourth-order valence-electron chi connectivity index (χ4n) is 2.16. The molecule has 4 heteroatoms. The Bertz CT molecular complexity index is 445. The van der Waals surface area contributed by atoms with E-state index in [2.05, 4.69) is 16.4 Å². The van der Waals surface area contributed by atoms with Gasteiger partial charge >= 0.3 is 0 Å². The minimum Gasteiger partial charge on any atom is -0.380 e. The highest BCUT2D eigenvalue weighted by atomic mass is 32.2. The van der Waals surface area contributed by atoms with Crippen molar-refractivity contribution >= 4 is 17.4 Å². The van der Waals surface area contributed by atoms with Crippen molar-refractivity contribution in [2.75, 3.05) is 16.8 Å². The van der Waals surface area contributed by atoms with E-state index in [0.717, 1.165) is 22.8 Å². The lowest BCUT2D eigenvalue weighted by molar-refractivity contribution is 0.684. The van der Waals surface area contributed by atoms with Crippen molar-refractivity contribution < 1.29 is 0 Å². The summed E-state index contributed by atoms with van der Waals surface area (Å²) in [6.07, 6.45) is 2.45. The number of rotatable bonds is 2. The molecule has 1 aliphatic heterocycles. The predicted molar refractivity (Wildman–Crippen MR) is 72.4 cm³/mol. The van der Waals surface area contributed by atoms with Gasteiger partial charge in [-0.05, 0) is 38.5 Å². The zero-order valence-corrected chi connectivity index (χ0v) is 11.1. The number of aryl methyl sites for hydroxylation is 2. The molecule has 1 aromatic rings. The van der Waals surface area contributed by atoms with Crippen LogP contribution in [0.1, 0.15) is 29.8 Å². The molecular weight excluding hydrogens is 230 g/mol. The van der Waals surface area contributed by atoms with Crippen LogP contribution in [0.4, 0.5) is 5.69 Å². The van der Waals surface area contributed by atoms with Crippen LogP contribution < -0.4 is 5.32 Å². The van der Waals surface area contributed by atoms with Gasteiger partial charge in [0.15, 0.2) is 0 Å². The van der Waals surface area contributed by atoms with E-state index < -0.39 is 0 Å². The van der Waals surface area contributed by atoms with Gasteiger partial charge in [0, 0.05) is 17.5 Å². The third-order valence-corrected chi connectivity index (χ3v) is 4.18. The average Bonchev–Trinajstić information content (AvgIpc) is 2.30. The van der Waals surface area contributed by atoms with E-state index in [4.69, 9.17) is 0 Å². The van der Waals surface area contributed by atoms with E-state index >= 15 is 0 Å². The fraction of sp³-hybridized carbons (Fsp3) is 0.538. The summed E-state index contributed by atoms with van der Waals surface area (Å²) in [6.45, 7) is 3.86. The van der Waals surface area contributed by atoms with Gasteiger partial charge in [-0.25, -0.2) is 0 Å². The van der Waals surface area contributed by atoms with E-state index in [1.165, 1.54) is 18.6 Å². The molecule has 17 heavy (non-hydrogen) atoms. The Balaban J connectivity index is 2.22. The van der Waals surface area contributed by atoms with Gasteiger partial charge in [0.25, 0.3) is 0 Å². The van der Waals surface area contributed by atoms with Crippen LogP contribution >= 0.6 is 11.8 Å². The van der Waals surface area contributed by atoms with Crippen LogP contribution in [-0.4, -0.2) is 22.5 Å². The molecule has 1 N–H and O–H groups in total. The molecule has 0 radical (unpaired) electrons. The number of anilines is 1. The molecule has 0 aliphatic carbocycles. The van der Waals surface area contributed by atoms with Gasteiger partial charge in [0.1, 0.15) is 6.07 Å². The first-order valence-corrected chi connectivity index (χ1v) is 7.09. The molecule has 1 aliphatic rings. The maximum atomic E-state index is 9.18. The van der Waals surface area contributed by atoms with Crippen molar-refractivity contribution in [3.8, 4) is 6.07 Å². The molecule has 90 valence electrons. The van der Waals surface area contributed by atoms with Crippen LogP contribution in [0.3, 0.4) is 0 Å². The van der Waals surface area contributed by atoms with E-state index in [1.807, 2.05) is 31.7 Å². The molecule has 3 nitrogen and oxygen atoms in total. The highest BCUT2D eigenvalue weighted by Crippen LogP contribution is 2.24. The third kappa shape index (κ3) is 2.92. The third-order valence-electron chi connectivity index (χ3n) is 2.96. The summed E-state index contributed by atoms with van der Waals surface area (Å²) in [5.41, 5.74) is 3.42. The fourth-order valence-corrected chi connectivity index (χ4v) is 3.23. The largest absolute Gasteiger partial charge is 0.380 e. The minimum absolute atomic E-state index is 0.488. The van der Waals surface area contributed by atoms with Crippen molar-refractivity contribution in [2.24, 2.45) is 0 Å². The quantitative estimate of drug-likeness (QED) is 0.873. The lowest BCUT2D eigenvalue weighted by atomic mass is 10.1. The number of hydrogen-bond donors (Lipinski definition) is 1. The van der Waals surface area contributed by atoms with Crippen molar-refractivity contribution in [3.05, 3.63) is 23.0 Å². The molecule has 1 atom stereocenters. The van der Waals surface area contributed by atoms with Crippen LogP contribution in [0.15, 0.2) is 6.07 Å². The second kappa shape index (κ2) is 5.42. The molecule has 0 spiro atoms. The molecule has 1 unspecified atom stereocenters. The number of thioether (sulfide) groups is 1. The number of pyridine rings is 1. The SMILES string of the molecule is Cc1cc(NC2CCCSC2)c(C#N)c(C)n1. The summed E-state index contributed by atoms with van der Waals surface area (Å²) in [6, 6.07) is 4.71. The molecule has 1 aromatic heterocycles. The maximum absolute atomic E-state index is 9.18. The van der Waals surface area contributed by atoms with Crippen molar-refractivity contribution in [3.63, 3.8) is 0 Å². The van der Waals surface area contributed by atoms with Gasteiger partial charge in [0.2, 0.25) is 0 Å². The minimum atomic E-state index is 0.488. The van der Waals surface area contributed by atoms with Gasteiger partial charge in [0.05, 0.1) is 16.9 Å². The number of nitrogens with zero attached hydrogens (tertiary/aromatic N) is 2. The molecule has 2 rings (SSSR count). The van der Waals surface area contributed by atoms with Crippen LogP contribution in [0.5, 0.6) is 0 Å². The second-order valence-electron chi connectivity index (χ2n) is 4.44. The van der Waals surface area contributed by atoms with Crippen LogP contribution in [0.25, 0.3) is 0 Å². The first-order valence-electron chi connectivity index (χ1n) is 5.93. The Morgan fingerprint density at radius 1 is 1.53 bits per heavy atom. The second-order valence-corrected chi connectivity index (χ2v) is 5.59. The Hall–Kier alpha value is -1.21. The van der Waals surface area contributed by atoms with Gasteiger partial charge in [-0.1, -0.05) is 0 Å². The summed E-state index contributed by atoms with van der Waals surface area (Å²) >= 11 is 1.98. The molecular formula is C13H17N3S. The topological polar surface area (TPSA) is 48.7 Å². The van der Waals surface area contributed by atoms with Crippen molar-refractivity contribution in [1.29, 1.82) is 5.26 Å². The monoisotopic (exact) mass is 247 g/mol. The van der Waals surface area contributed by atoms with Crippen molar-refractivity contribution in [2.45, 2.75) is 32.7 Å². The number of hydrogen-bond acceptors (Lipinski definition) is 4. The standard InChI is InChI=1S/C13H17N3S/c1-9-6-13(12(7-14)10(2)15-9)16-11-4-3-5-17-8-11/h6,11H,3-5,8H2,1-2H3,(H,15,16). The molecule has 1 fully saturated rings. The van der Waals surface area contributed by atoms with E-state index in [0.29, 0.717) is 11.6 Å². The molecule has 2 heterocycles. The number of aromatic nitrogens is 1. The number of nitriles is 1. The van der Waals surface area contributed by atoms with E-state index in [1.54, 1.807) is 0 Å². The lowest BCUT2D eigenvalue weighted by Gasteiger charge is -2.24. The summed E-state index contributed by atoms with van der Waals surface area (Å²) in [7, 11) is 0. The summed E-state index contributed by atoms with van der Waals surface area (Å²) < 4.78 is 0. The zero-order chi connectivity index (χ0) is 12.3. The average molecular weight is 247 g/mol. The molecule has 0 amide bonds. The van der Waals surface area contributed by atoms with Crippen LogP contribution in [-0.2, 0) is 0 Å². The zero-order valence-electron chi connectivity index (χ0n) is 10.3. The van der Waals surface area contributed by atoms with Gasteiger partial charge < -0.3 is 5.32 Å². The van der Waals surface area contributed by atoms with Gasteiger partial charge in [-0.15, -0.1) is 0 Å². The predicted octanol–water partition coefficient (Wildman–Crippen LogP) is 2.88. The summed E-state index contributed by atoms with van der Waals surface area (Å²) in [5, 5.41) is 12.7. The highest BCUT2D eigenvalue weighted by molar-refractivity contribution is 7.99. The molecule has 0 bridgehead atoms. The Kier molecular flexibility index (Phi) is 3.90. The molecule has 0 saturated carbocycles. The summed E-state index contributed by atoms with van der Waals surface area (Å²) in [4.78, 5) is 4.33. The van der Waals surface area contributed by atoms with E-state index in [-0.39, 0.29) is 0 Å². The molecule has 0 aromatic carbocycles. The normalized spacial score (nSPS) is 19.7. The Labute approximate surface area is 107 Å². The van der Waals surface area contributed by atoms with Gasteiger partial charge in [-0.3, -0.25) is 4.98 Å². The van der Waals surface area contributed by atoms with E-state index in [9.17, 15) is 5.26 Å². The first-order chi connectivity index (χ1) is 8.20. The van der Waals surface area contributed by atoms with Gasteiger partial charge in [-0.2, -0.15) is 17.0 Å². The number of nitrogens with one attached hydrogen (secondary N) is 1. The lowest BCUT2D eigenvalue weighted by Crippen LogP contribution is -2.26. The first kappa shape index (κ1) is 12.3. The maximum Gasteiger partial charge on any atom is 0.103 e.